The Kier molecular flexibility index (Phi) is 4.08. The number of hydrogen-bond acceptors (Lipinski definition) is 3. The van der Waals surface area contributed by atoms with Crippen LogP contribution in [0.3, 0.4) is 0 Å². The molecule has 1 aromatic heterocycles. The molecule has 0 aliphatic heterocycles. The van der Waals surface area contributed by atoms with E-state index in [1.54, 1.807) is 0 Å². The fourth-order valence-corrected chi connectivity index (χ4v) is 4.46. The summed E-state index contributed by atoms with van der Waals surface area (Å²) >= 11 is 0. The number of benzene rings is 5. The average Bonchev–Trinajstić information content (AvgIpc) is 3.22. The van der Waals surface area contributed by atoms with Crippen molar-refractivity contribution in [1.82, 2.24) is 0 Å². The van der Waals surface area contributed by atoms with Crippen LogP contribution in [-0.4, -0.2) is 6.21 Å². The zero-order valence-corrected chi connectivity index (χ0v) is 17.3. The summed E-state index contributed by atoms with van der Waals surface area (Å²) in [7, 11) is 0. The Balaban J connectivity index is 1.56. The van der Waals surface area contributed by atoms with Gasteiger partial charge in [-0.25, -0.2) is 0 Å². The van der Waals surface area contributed by atoms with Crippen molar-refractivity contribution in [3.05, 3.63) is 103 Å². The predicted molar refractivity (Wildman–Crippen MR) is 134 cm³/mol. The molecule has 6 aromatic rings. The lowest BCUT2D eigenvalue weighted by Gasteiger charge is -2.13. The van der Waals surface area contributed by atoms with Gasteiger partial charge in [0.1, 0.15) is 11.2 Å². The Bertz CT molecular complexity index is 1660. The van der Waals surface area contributed by atoms with E-state index in [0.29, 0.717) is 11.3 Å². The number of fused-ring (bicyclic) bond motifs is 4. The monoisotopic (exact) mass is 412 g/mol. The largest absolute Gasteiger partial charge is 0.456 e. The minimum Gasteiger partial charge on any atom is -0.456 e. The molecule has 32 heavy (non-hydrogen) atoms. The fraction of sp³-hybridized carbons (Fsp3) is 0. The quantitative estimate of drug-likeness (QED) is 0.231. The molecular formula is C29H20N2O. The first-order valence-corrected chi connectivity index (χ1v) is 10.6. The maximum absolute atomic E-state index is 7.93. The molecule has 1 heterocycles. The lowest BCUT2D eigenvalue weighted by molar-refractivity contribution is 0.669. The summed E-state index contributed by atoms with van der Waals surface area (Å²) in [4.78, 5) is 0. The summed E-state index contributed by atoms with van der Waals surface area (Å²) < 4.78 is 5.99. The first-order chi connectivity index (χ1) is 15.7. The molecule has 3 N–H and O–H groups in total. The molecule has 152 valence electrons. The van der Waals surface area contributed by atoms with E-state index >= 15 is 0 Å². The fourth-order valence-electron chi connectivity index (χ4n) is 4.46. The van der Waals surface area contributed by atoms with E-state index in [4.69, 9.17) is 15.6 Å². The third-order valence-electron chi connectivity index (χ3n) is 6.14. The van der Waals surface area contributed by atoms with Crippen molar-refractivity contribution in [2.45, 2.75) is 0 Å². The van der Waals surface area contributed by atoms with Crippen molar-refractivity contribution in [3.8, 4) is 22.3 Å². The number of nitrogen functional groups attached to an aromatic ring is 1. The Morgan fingerprint density at radius 2 is 1.38 bits per heavy atom. The average molecular weight is 412 g/mol. The molecule has 0 spiro atoms. The lowest BCUT2D eigenvalue weighted by atomic mass is 9.93. The molecule has 0 radical (unpaired) electrons. The number of anilines is 1. The Hall–Kier alpha value is -4.37. The van der Waals surface area contributed by atoms with Crippen molar-refractivity contribution < 1.29 is 4.42 Å². The van der Waals surface area contributed by atoms with Crippen LogP contribution in [0.25, 0.3) is 55.0 Å². The van der Waals surface area contributed by atoms with E-state index in [9.17, 15) is 0 Å². The number of para-hydroxylation sites is 1. The molecule has 6 rings (SSSR count). The van der Waals surface area contributed by atoms with Crippen molar-refractivity contribution in [2.75, 3.05) is 5.73 Å². The summed E-state index contributed by atoms with van der Waals surface area (Å²) in [6, 6.07) is 33.1. The van der Waals surface area contributed by atoms with Gasteiger partial charge in [-0.1, -0.05) is 60.7 Å². The standard InChI is InChI=1S/C29H20N2O/c30-17-23-14-22(20-11-12-28-26(15-20)24-7-3-4-8-27(24)32-28)16-25(29(23)31)21-10-9-18-5-1-2-6-19(18)13-21/h1-17,30H,31H2. The highest BCUT2D eigenvalue weighted by Gasteiger charge is 2.13. The van der Waals surface area contributed by atoms with Crippen LogP contribution in [0.4, 0.5) is 5.69 Å². The van der Waals surface area contributed by atoms with Gasteiger partial charge in [0.25, 0.3) is 0 Å². The van der Waals surface area contributed by atoms with Crippen LogP contribution in [0.2, 0.25) is 0 Å². The topological polar surface area (TPSA) is 63.0 Å². The van der Waals surface area contributed by atoms with E-state index in [2.05, 4.69) is 54.6 Å². The van der Waals surface area contributed by atoms with Crippen LogP contribution >= 0.6 is 0 Å². The first-order valence-electron chi connectivity index (χ1n) is 10.6. The number of nitrogens with one attached hydrogen (secondary N) is 1. The van der Waals surface area contributed by atoms with Crippen LogP contribution in [0.5, 0.6) is 0 Å². The van der Waals surface area contributed by atoms with Gasteiger partial charge < -0.3 is 15.6 Å². The zero-order chi connectivity index (χ0) is 21.7. The van der Waals surface area contributed by atoms with Gasteiger partial charge in [0, 0.05) is 33.8 Å². The molecule has 3 heteroatoms. The molecule has 0 saturated carbocycles. The van der Waals surface area contributed by atoms with Crippen molar-refractivity contribution in [3.63, 3.8) is 0 Å². The number of furan rings is 1. The van der Waals surface area contributed by atoms with Crippen LogP contribution in [0, 0.1) is 5.41 Å². The second-order valence-electron chi connectivity index (χ2n) is 8.04. The van der Waals surface area contributed by atoms with Gasteiger partial charge in [-0.15, -0.1) is 0 Å². The summed E-state index contributed by atoms with van der Waals surface area (Å²) in [5.41, 5.74) is 13.6. The van der Waals surface area contributed by atoms with Gasteiger partial charge in [-0.05, 0) is 63.9 Å². The summed E-state index contributed by atoms with van der Waals surface area (Å²) in [5, 5.41) is 12.5. The van der Waals surface area contributed by atoms with E-state index in [0.717, 1.165) is 49.6 Å². The van der Waals surface area contributed by atoms with Gasteiger partial charge in [0.05, 0.1) is 0 Å². The Labute approximate surface area is 185 Å². The second kappa shape index (κ2) is 7.10. The summed E-state index contributed by atoms with van der Waals surface area (Å²) in [5.74, 6) is 0. The highest BCUT2D eigenvalue weighted by Crippen LogP contribution is 2.37. The smallest absolute Gasteiger partial charge is 0.135 e. The minimum atomic E-state index is 0.619. The molecule has 0 fully saturated rings. The molecular weight excluding hydrogens is 392 g/mol. The normalized spacial score (nSPS) is 11.4. The molecule has 0 aliphatic rings. The Morgan fingerprint density at radius 1 is 0.625 bits per heavy atom. The van der Waals surface area contributed by atoms with Crippen LogP contribution in [0.1, 0.15) is 5.56 Å². The molecule has 0 aliphatic carbocycles. The first kappa shape index (κ1) is 18.4. The van der Waals surface area contributed by atoms with Gasteiger partial charge in [-0.3, -0.25) is 0 Å². The van der Waals surface area contributed by atoms with Gasteiger partial charge in [0.2, 0.25) is 0 Å². The van der Waals surface area contributed by atoms with E-state index in [1.165, 1.54) is 11.6 Å². The van der Waals surface area contributed by atoms with Crippen LogP contribution in [-0.2, 0) is 0 Å². The minimum absolute atomic E-state index is 0.619. The van der Waals surface area contributed by atoms with E-state index in [-0.39, 0.29) is 0 Å². The van der Waals surface area contributed by atoms with E-state index in [1.807, 2.05) is 42.5 Å². The third kappa shape index (κ3) is 2.87. The molecule has 0 atom stereocenters. The molecule has 0 bridgehead atoms. The zero-order valence-electron chi connectivity index (χ0n) is 17.3. The Morgan fingerprint density at radius 3 is 2.25 bits per heavy atom. The SMILES string of the molecule is N=Cc1cc(-c2ccc3oc4ccccc4c3c2)cc(-c2ccc3ccccc3c2)c1N. The van der Waals surface area contributed by atoms with Gasteiger partial charge in [-0.2, -0.15) is 0 Å². The summed E-state index contributed by atoms with van der Waals surface area (Å²) in [6.07, 6.45) is 1.33. The van der Waals surface area contributed by atoms with E-state index < -0.39 is 0 Å². The highest BCUT2D eigenvalue weighted by molar-refractivity contribution is 6.06. The maximum Gasteiger partial charge on any atom is 0.135 e. The molecule has 3 nitrogen and oxygen atoms in total. The third-order valence-corrected chi connectivity index (χ3v) is 6.14. The van der Waals surface area contributed by atoms with Crippen molar-refractivity contribution in [1.29, 1.82) is 5.41 Å². The van der Waals surface area contributed by atoms with Gasteiger partial charge >= 0.3 is 0 Å². The summed E-state index contributed by atoms with van der Waals surface area (Å²) in [6.45, 7) is 0. The number of hydrogen-bond donors (Lipinski definition) is 2. The maximum atomic E-state index is 7.93. The highest BCUT2D eigenvalue weighted by atomic mass is 16.3. The number of nitrogens with two attached hydrogens (primary N) is 1. The predicted octanol–water partition coefficient (Wildman–Crippen LogP) is 7.65. The van der Waals surface area contributed by atoms with Crippen molar-refractivity contribution in [2.24, 2.45) is 0 Å². The lowest BCUT2D eigenvalue weighted by Crippen LogP contribution is -1.98. The van der Waals surface area contributed by atoms with Crippen LogP contribution in [0.15, 0.2) is 101 Å². The molecule has 0 amide bonds. The number of rotatable bonds is 3. The second-order valence-corrected chi connectivity index (χ2v) is 8.04. The molecule has 0 unspecified atom stereocenters. The molecule has 5 aromatic carbocycles. The van der Waals surface area contributed by atoms with Gasteiger partial charge in [0.15, 0.2) is 0 Å². The van der Waals surface area contributed by atoms with Crippen molar-refractivity contribution >= 4 is 44.6 Å². The van der Waals surface area contributed by atoms with Crippen LogP contribution < -0.4 is 5.73 Å². The molecule has 0 saturated heterocycles.